The second-order valence-corrected chi connectivity index (χ2v) is 8.87. The number of anilines is 1. The van der Waals surface area contributed by atoms with E-state index in [-0.39, 0.29) is 16.3 Å². The maximum atomic E-state index is 13.0. The van der Waals surface area contributed by atoms with Gasteiger partial charge in [0.1, 0.15) is 5.82 Å². The second kappa shape index (κ2) is 8.06. The van der Waals surface area contributed by atoms with Crippen LogP contribution in [0.5, 0.6) is 0 Å². The maximum Gasteiger partial charge on any atom is 0.289 e. The number of sulfonamides is 1. The van der Waals surface area contributed by atoms with Crippen LogP contribution in [0.25, 0.3) is 16.6 Å². The predicted octanol–water partition coefficient (Wildman–Crippen LogP) is 4.06. The third-order valence-corrected chi connectivity index (χ3v) is 6.49. The molecule has 0 fully saturated rings. The largest absolute Gasteiger partial charge is 0.289 e. The lowest BCUT2D eigenvalue weighted by Gasteiger charge is -2.14. The van der Waals surface area contributed by atoms with Gasteiger partial charge in [0, 0.05) is 6.07 Å². The van der Waals surface area contributed by atoms with E-state index in [1.807, 2.05) is 0 Å². The molecule has 0 aliphatic heterocycles. The molecule has 9 nitrogen and oxygen atoms in total. The summed E-state index contributed by atoms with van der Waals surface area (Å²) in [4.78, 5) is 27.4. The molecule has 32 heavy (non-hydrogen) atoms. The number of hydrogen-bond donors (Lipinski definition) is 1. The lowest BCUT2D eigenvalue weighted by atomic mass is 10.2. The molecule has 1 heterocycles. The van der Waals surface area contributed by atoms with E-state index in [4.69, 9.17) is 11.6 Å². The van der Waals surface area contributed by atoms with Crippen molar-refractivity contribution >= 4 is 43.9 Å². The first-order valence-electron chi connectivity index (χ1n) is 9.23. The van der Waals surface area contributed by atoms with Gasteiger partial charge in [-0.15, -0.1) is 0 Å². The van der Waals surface area contributed by atoms with Crippen LogP contribution in [0.3, 0.4) is 0 Å². The molecule has 1 aromatic heterocycles. The lowest BCUT2D eigenvalue weighted by molar-refractivity contribution is -0.387. The first kappa shape index (κ1) is 21.5. The van der Waals surface area contributed by atoms with Crippen molar-refractivity contribution in [1.82, 2.24) is 9.55 Å². The molecule has 0 saturated carbocycles. The highest BCUT2D eigenvalue weighted by atomic mass is 35.5. The Morgan fingerprint density at radius 2 is 1.75 bits per heavy atom. The van der Waals surface area contributed by atoms with Crippen molar-refractivity contribution in [1.29, 1.82) is 0 Å². The Bertz CT molecular complexity index is 1550. The Morgan fingerprint density at radius 3 is 2.50 bits per heavy atom. The number of halogens is 1. The zero-order valence-electron chi connectivity index (χ0n) is 16.5. The van der Waals surface area contributed by atoms with Crippen LogP contribution in [0, 0.1) is 17.0 Å². The van der Waals surface area contributed by atoms with Crippen molar-refractivity contribution in [3.63, 3.8) is 0 Å². The number of rotatable bonds is 5. The highest BCUT2D eigenvalue weighted by Gasteiger charge is 2.26. The number of aromatic nitrogens is 2. The summed E-state index contributed by atoms with van der Waals surface area (Å²) in [7, 11) is -4.34. The van der Waals surface area contributed by atoms with Crippen molar-refractivity contribution in [2.24, 2.45) is 0 Å². The number of nitro groups is 1. The molecule has 0 radical (unpaired) electrons. The summed E-state index contributed by atoms with van der Waals surface area (Å²) in [5, 5.41) is 11.7. The normalized spacial score (nSPS) is 11.4. The van der Waals surface area contributed by atoms with Gasteiger partial charge in [0.05, 0.1) is 32.2 Å². The quantitative estimate of drug-likeness (QED) is 0.346. The summed E-state index contributed by atoms with van der Waals surface area (Å²) in [6.07, 6.45) is 0. The van der Waals surface area contributed by atoms with Crippen LogP contribution in [-0.2, 0) is 10.0 Å². The van der Waals surface area contributed by atoms with Crippen LogP contribution in [0.4, 0.5) is 11.4 Å². The fourth-order valence-corrected chi connectivity index (χ4v) is 4.78. The van der Waals surface area contributed by atoms with Gasteiger partial charge in [-0.2, -0.15) is 0 Å². The maximum absolute atomic E-state index is 13.0. The van der Waals surface area contributed by atoms with E-state index < -0.39 is 25.5 Å². The SMILES string of the molecule is Cc1nc2ccccc2c(=O)n1-c1ccc(Cl)c(NS(=O)(=O)c2ccccc2[N+](=O)[O-])c1. The minimum absolute atomic E-state index is 0.0400. The summed E-state index contributed by atoms with van der Waals surface area (Å²) >= 11 is 6.19. The molecule has 0 amide bonds. The highest BCUT2D eigenvalue weighted by molar-refractivity contribution is 7.92. The average Bonchev–Trinajstić information content (AvgIpc) is 2.75. The molecule has 0 bridgehead atoms. The van der Waals surface area contributed by atoms with E-state index >= 15 is 0 Å². The Morgan fingerprint density at radius 1 is 1.06 bits per heavy atom. The summed E-state index contributed by atoms with van der Waals surface area (Å²) in [5.41, 5.74) is -0.0734. The number of hydrogen-bond acceptors (Lipinski definition) is 6. The van der Waals surface area contributed by atoms with E-state index in [1.54, 1.807) is 37.3 Å². The fraction of sp³-hybridized carbons (Fsp3) is 0.0476. The van der Waals surface area contributed by atoms with E-state index in [0.717, 1.165) is 12.1 Å². The first-order chi connectivity index (χ1) is 15.2. The Labute approximate surface area is 187 Å². The van der Waals surface area contributed by atoms with Gasteiger partial charge < -0.3 is 0 Å². The van der Waals surface area contributed by atoms with Crippen LogP contribution < -0.4 is 10.3 Å². The molecular formula is C21H15ClN4O5S. The molecular weight excluding hydrogens is 456 g/mol. The summed E-state index contributed by atoms with van der Waals surface area (Å²) < 4.78 is 29.4. The van der Waals surface area contributed by atoms with Crippen LogP contribution >= 0.6 is 11.6 Å². The molecule has 162 valence electrons. The molecule has 0 aliphatic carbocycles. The third kappa shape index (κ3) is 3.81. The van der Waals surface area contributed by atoms with E-state index in [2.05, 4.69) is 9.71 Å². The Balaban J connectivity index is 1.83. The number of benzene rings is 3. The van der Waals surface area contributed by atoms with Gasteiger partial charge in [0.2, 0.25) is 0 Å². The number of aryl methyl sites for hydroxylation is 1. The molecule has 1 N–H and O–H groups in total. The Hall–Kier alpha value is -3.76. The van der Waals surface area contributed by atoms with Crippen molar-refractivity contribution in [3.8, 4) is 5.69 Å². The van der Waals surface area contributed by atoms with Crippen molar-refractivity contribution in [3.05, 3.63) is 98.0 Å². The van der Waals surface area contributed by atoms with Gasteiger partial charge in [-0.25, -0.2) is 13.4 Å². The molecule has 0 aliphatic rings. The molecule has 0 spiro atoms. The van der Waals surface area contributed by atoms with Crippen LogP contribution in [-0.4, -0.2) is 22.9 Å². The van der Waals surface area contributed by atoms with Gasteiger partial charge in [0.15, 0.2) is 4.90 Å². The smallest absolute Gasteiger partial charge is 0.278 e. The highest BCUT2D eigenvalue weighted by Crippen LogP contribution is 2.30. The summed E-state index contributed by atoms with van der Waals surface area (Å²) in [5.74, 6) is 0.392. The van der Waals surface area contributed by atoms with Gasteiger partial charge >= 0.3 is 0 Å². The van der Waals surface area contributed by atoms with Crippen molar-refractivity contribution in [2.45, 2.75) is 11.8 Å². The molecule has 11 heteroatoms. The molecule has 4 rings (SSSR count). The zero-order valence-corrected chi connectivity index (χ0v) is 18.1. The summed E-state index contributed by atoms with van der Waals surface area (Å²) in [6.45, 7) is 1.65. The van der Waals surface area contributed by atoms with Crippen LogP contribution in [0.15, 0.2) is 76.4 Å². The predicted molar refractivity (Wildman–Crippen MR) is 121 cm³/mol. The number of para-hydroxylation sites is 2. The average molecular weight is 471 g/mol. The zero-order chi connectivity index (χ0) is 23.0. The van der Waals surface area contributed by atoms with Gasteiger partial charge in [0.25, 0.3) is 21.3 Å². The fourth-order valence-electron chi connectivity index (χ4n) is 3.31. The van der Waals surface area contributed by atoms with Gasteiger partial charge in [-0.1, -0.05) is 35.9 Å². The minimum atomic E-state index is -4.34. The molecule has 3 aromatic carbocycles. The molecule has 0 unspecified atom stereocenters. The Kier molecular flexibility index (Phi) is 5.41. The van der Waals surface area contributed by atoms with E-state index in [0.29, 0.717) is 22.4 Å². The molecule has 0 atom stereocenters. The standard InChI is InChI=1S/C21H15ClN4O5S/c1-13-23-17-7-3-2-6-15(17)21(27)25(13)14-10-11-16(22)18(12-14)24-32(30,31)20-9-5-4-8-19(20)26(28)29/h2-12,24H,1H3. The number of fused-ring (bicyclic) bond motifs is 1. The molecule has 0 saturated heterocycles. The van der Waals surface area contributed by atoms with Crippen LogP contribution in [0.1, 0.15) is 5.82 Å². The number of nitrogens with zero attached hydrogens (tertiary/aromatic N) is 3. The second-order valence-electron chi connectivity index (χ2n) is 6.81. The van der Waals surface area contributed by atoms with Gasteiger partial charge in [-0.3, -0.25) is 24.2 Å². The van der Waals surface area contributed by atoms with Crippen LogP contribution in [0.2, 0.25) is 5.02 Å². The minimum Gasteiger partial charge on any atom is -0.278 e. The number of nitrogens with one attached hydrogen (secondary N) is 1. The number of nitro benzene ring substituents is 1. The van der Waals surface area contributed by atoms with E-state index in [1.165, 1.54) is 28.8 Å². The summed E-state index contributed by atoms with van der Waals surface area (Å²) in [6, 6.07) is 16.2. The van der Waals surface area contributed by atoms with Gasteiger partial charge in [-0.05, 0) is 43.3 Å². The van der Waals surface area contributed by atoms with E-state index in [9.17, 15) is 23.3 Å². The topological polar surface area (TPSA) is 124 Å². The molecule has 4 aromatic rings. The monoisotopic (exact) mass is 470 g/mol. The third-order valence-electron chi connectivity index (χ3n) is 4.75. The van der Waals surface area contributed by atoms with Crippen molar-refractivity contribution in [2.75, 3.05) is 4.72 Å². The first-order valence-corrected chi connectivity index (χ1v) is 11.1. The van der Waals surface area contributed by atoms with Crippen molar-refractivity contribution < 1.29 is 13.3 Å². The lowest BCUT2D eigenvalue weighted by Crippen LogP contribution is -2.22.